The molecule has 0 nitrogen and oxygen atoms in total. The maximum absolute atomic E-state index is 6.33. The molecule has 2 saturated carbocycles. The predicted octanol–water partition coefficient (Wildman–Crippen LogP) is 10.0. The molecular weight excluding hydrogens is 456 g/mol. The van der Waals surface area contributed by atoms with Gasteiger partial charge in [0.2, 0.25) is 0 Å². The lowest BCUT2D eigenvalue weighted by molar-refractivity contribution is 0.0426. The Balaban J connectivity index is 1.45. The lowest BCUT2D eigenvalue weighted by Gasteiger charge is -2.54. The van der Waals surface area contributed by atoms with E-state index >= 15 is 0 Å². The molecule has 0 N–H and O–H groups in total. The largest absolute Gasteiger partial charge is 0.0843 e. The maximum atomic E-state index is 6.33. The van der Waals surface area contributed by atoms with Gasteiger partial charge < -0.3 is 0 Å². The van der Waals surface area contributed by atoms with Gasteiger partial charge in [-0.25, -0.2) is 0 Å². The summed E-state index contributed by atoms with van der Waals surface area (Å²) in [5.74, 6) is 3.11. The van der Waals surface area contributed by atoms with Crippen LogP contribution in [0.25, 0.3) is 33.4 Å². The van der Waals surface area contributed by atoms with E-state index in [1.54, 1.807) is 11.1 Å². The molecule has 1 spiro atoms. The van der Waals surface area contributed by atoms with Gasteiger partial charge in [0, 0.05) is 10.4 Å². The molecule has 7 rings (SSSR count). The van der Waals surface area contributed by atoms with E-state index in [-0.39, 0.29) is 5.41 Å². The molecule has 0 saturated heterocycles. The molecule has 0 heterocycles. The van der Waals surface area contributed by atoms with E-state index in [1.807, 2.05) is 12.1 Å². The van der Waals surface area contributed by atoms with Crippen LogP contribution in [-0.2, 0) is 5.41 Å². The lowest BCUT2D eigenvalue weighted by atomic mass is 9.49. The molecule has 1 heteroatoms. The fourth-order valence-electron chi connectivity index (χ4n) is 8.54. The first kappa shape index (κ1) is 22.4. The van der Waals surface area contributed by atoms with Gasteiger partial charge in [-0.05, 0) is 112 Å². The van der Waals surface area contributed by atoms with Crippen molar-refractivity contribution in [1.82, 2.24) is 0 Å². The van der Waals surface area contributed by atoms with Crippen LogP contribution in [0.5, 0.6) is 0 Å². The van der Waals surface area contributed by atoms with Crippen LogP contribution in [0.2, 0.25) is 5.02 Å². The summed E-state index contributed by atoms with van der Waals surface area (Å²) in [6, 6.07) is 33.7. The predicted molar refractivity (Wildman–Crippen MR) is 152 cm³/mol. The Morgan fingerprint density at radius 2 is 1.33 bits per heavy atom. The summed E-state index contributed by atoms with van der Waals surface area (Å²) >= 11 is 6.33. The molecule has 0 amide bonds. The van der Waals surface area contributed by atoms with E-state index < -0.39 is 0 Å². The highest BCUT2D eigenvalue weighted by molar-refractivity contribution is 6.30. The third kappa shape index (κ3) is 3.20. The zero-order valence-electron chi connectivity index (χ0n) is 21.2. The Morgan fingerprint density at radius 3 is 2.19 bits per heavy atom. The van der Waals surface area contributed by atoms with Crippen molar-refractivity contribution >= 4 is 11.6 Å². The molecule has 2 bridgehead atoms. The van der Waals surface area contributed by atoms with Crippen molar-refractivity contribution in [3.63, 3.8) is 0 Å². The Hall–Kier alpha value is -2.83. The van der Waals surface area contributed by atoms with Crippen LogP contribution >= 0.6 is 11.6 Å². The molecule has 0 aliphatic heterocycles. The molecular formula is C35H33Cl. The van der Waals surface area contributed by atoms with Crippen molar-refractivity contribution in [2.45, 2.75) is 44.9 Å². The Kier molecular flexibility index (Phi) is 5.19. The lowest BCUT2D eigenvalue weighted by Crippen LogP contribution is -2.49. The van der Waals surface area contributed by atoms with E-state index in [0.717, 1.165) is 28.3 Å². The third-order valence-electron chi connectivity index (χ3n) is 9.63. The highest BCUT2D eigenvalue weighted by Crippen LogP contribution is 2.65. The summed E-state index contributed by atoms with van der Waals surface area (Å²) in [4.78, 5) is 0. The van der Waals surface area contributed by atoms with Crippen LogP contribution < -0.4 is 0 Å². The van der Waals surface area contributed by atoms with Gasteiger partial charge >= 0.3 is 0 Å². The molecule has 0 radical (unpaired) electrons. The van der Waals surface area contributed by atoms with Crippen molar-refractivity contribution in [3.8, 4) is 33.4 Å². The summed E-state index contributed by atoms with van der Waals surface area (Å²) in [5.41, 5.74) is 11.3. The molecule has 36 heavy (non-hydrogen) atoms. The van der Waals surface area contributed by atoms with Crippen molar-refractivity contribution in [1.29, 1.82) is 0 Å². The number of rotatable bonds is 2. The normalized spacial score (nSPS) is 28.1. The summed E-state index contributed by atoms with van der Waals surface area (Å²) < 4.78 is 0. The molecule has 5 atom stereocenters. The first-order valence-corrected chi connectivity index (χ1v) is 14.0. The van der Waals surface area contributed by atoms with Gasteiger partial charge in [0.05, 0.1) is 0 Å². The average Bonchev–Trinajstić information content (AvgIpc) is 3.19. The third-order valence-corrected chi connectivity index (χ3v) is 9.87. The van der Waals surface area contributed by atoms with E-state index in [9.17, 15) is 0 Å². The smallest absolute Gasteiger partial charge is 0.0412 e. The van der Waals surface area contributed by atoms with E-state index in [1.165, 1.54) is 53.5 Å². The standard InChI is InChI=1S/C35H33Cl/c1-22-16-24-18-23(2)35(28(17-22)19-24)32-14-4-3-12-31(32)34-30(13-7-15-33(34)35)27-10-5-8-25(20-27)26-9-6-11-29(36)21-26/h3-15,20-24,28H,16-19H2,1-2H3. The van der Waals surface area contributed by atoms with Gasteiger partial charge in [-0.2, -0.15) is 0 Å². The number of hydrogen-bond donors (Lipinski definition) is 0. The number of fused-ring (bicyclic) bond motifs is 8. The highest BCUT2D eigenvalue weighted by atomic mass is 35.5. The Morgan fingerprint density at radius 1 is 0.639 bits per heavy atom. The minimum absolute atomic E-state index is 0.137. The molecule has 2 fully saturated rings. The zero-order valence-corrected chi connectivity index (χ0v) is 21.9. The van der Waals surface area contributed by atoms with Crippen molar-refractivity contribution in [2.24, 2.45) is 23.7 Å². The van der Waals surface area contributed by atoms with Gasteiger partial charge in [-0.3, -0.25) is 0 Å². The van der Waals surface area contributed by atoms with Crippen LogP contribution in [-0.4, -0.2) is 0 Å². The molecule has 4 aromatic rings. The summed E-state index contributed by atoms with van der Waals surface area (Å²) in [5, 5.41) is 0.778. The number of benzene rings is 4. The van der Waals surface area contributed by atoms with Crippen LogP contribution in [0.4, 0.5) is 0 Å². The van der Waals surface area contributed by atoms with Crippen LogP contribution in [0.15, 0.2) is 91.0 Å². The SMILES string of the molecule is CC1CC2CC(C)C3(c4ccccc4-c4c(-c5cccc(-c6cccc(Cl)c6)c5)cccc43)C(C1)C2. The maximum Gasteiger partial charge on any atom is 0.0412 e. The van der Waals surface area contributed by atoms with E-state index in [4.69, 9.17) is 11.6 Å². The van der Waals surface area contributed by atoms with Gasteiger partial charge in [0.25, 0.3) is 0 Å². The minimum atomic E-state index is 0.137. The molecule has 5 unspecified atom stereocenters. The topological polar surface area (TPSA) is 0 Å². The first-order valence-electron chi connectivity index (χ1n) is 13.7. The van der Waals surface area contributed by atoms with Gasteiger partial charge in [-0.15, -0.1) is 0 Å². The first-order chi connectivity index (χ1) is 17.6. The van der Waals surface area contributed by atoms with Gasteiger partial charge in [0.15, 0.2) is 0 Å². The van der Waals surface area contributed by atoms with Gasteiger partial charge in [-0.1, -0.05) is 98.2 Å². The number of hydrogen-bond acceptors (Lipinski definition) is 0. The second-order valence-corrected chi connectivity index (χ2v) is 12.2. The van der Waals surface area contributed by atoms with Crippen LogP contribution in [0, 0.1) is 23.7 Å². The second kappa shape index (κ2) is 8.35. The average molecular weight is 489 g/mol. The minimum Gasteiger partial charge on any atom is -0.0843 e. The molecule has 3 aliphatic carbocycles. The second-order valence-electron chi connectivity index (χ2n) is 11.7. The van der Waals surface area contributed by atoms with Crippen molar-refractivity contribution in [2.75, 3.05) is 0 Å². The Labute approximate surface area is 220 Å². The Bertz CT molecular complexity index is 1460. The fourth-order valence-corrected chi connectivity index (χ4v) is 8.73. The van der Waals surface area contributed by atoms with Crippen molar-refractivity contribution in [3.05, 3.63) is 107 Å². The quantitative estimate of drug-likeness (QED) is 0.263. The fraction of sp³-hybridized carbons (Fsp3) is 0.314. The van der Waals surface area contributed by atoms with E-state index in [0.29, 0.717) is 5.92 Å². The number of halogens is 1. The monoisotopic (exact) mass is 488 g/mol. The molecule has 4 aromatic carbocycles. The van der Waals surface area contributed by atoms with Crippen LogP contribution in [0.3, 0.4) is 0 Å². The van der Waals surface area contributed by atoms with Crippen LogP contribution in [0.1, 0.15) is 50.7 Å². The van der Waals surface area contributed by atoms with Gasteiger partial charge in [0.1, 0.15) is 0 Å². The summed E-state index contributed by atoms with van der Waals surface area (Å²) in [6.07, 6.45) is 5.50. The molecule has 180 valence electrons. The van der Waals surface area contributed by atoms with Crippen molar-refractivity contribution < 1.29 is 0 Å². The summed E-state index contributed by atoms with van der Waals surface area (Å²) in [6.45, 7) is 5.04. The highest BCUT2D eigenvalue weighted by Gasteiger charge is 2.56. The summed E-state index contributed by atoms with van der Waals surface area (Å²) in [7, 11) is 0. The molecule has 3 aliphatic rings. The molecule has 0 aromatic heterocycles. The zero-order chi connectivity index (χ0) is 24.4. The van der Waals surface area contributed by atoms with E-state index in [2.05, 4.69) is 92.7 Å².